The number of carbonyl (C=O) groups excluding carboxylic acids is 1. The number of aliphatic hydroxyl groups excluding tert-OH is 1. The molecule has 0 saturated carbocycles. The van der Waals surface area contributed by atoms with Crippen LogP contribution < -0.4 is 10.9 Å². The van der Waals surface area contributed by atoms with E-state index in [-0.39, 0.29) is 34.0 Å². The van der Waals surface area contributed by atoms with Gasteiger partial charge in [-0.25, -0.2) is 0 Å². The van der Waals surface area contributed by atoms with Gasteiger partial charge in [-0.3, -0.25) is 18.7 Å². The van der Waals surface area contributed by atoms with Crippen molar-refractivity contribution in [3.63, 3.8) is 0 Å². The van der Waals surface area contributed by atoms with Gasteiger partial charge in [0.1, 0.15) is 5.56 Å². The number of halogens is 3. The number of nitrogens with one attached hydrogen (secondary N) is 1. The van der Waals surface area contributed by atoms with Crippen LogP contribution in [0, 0.1) is 0 Å². The number of alkyl halides is 3. The minimum Gasteiger partial charge on any atom is -0.389 e. The summed E-state index contributed by atoms with van der Waals surface area (Å²) < 4.78 is 63.1. The van der Waals surface area contributed by atoms with Crippen molar-refractivity contribution in [3.8, 4) is 16.9 Å². The third kappa shape index (κ3) is 4.94. The maximum atomic E-state index is 13.0. The molecule has 1 aliphatic heterocycles. The lowest BCUT2D eigenvalue weighted by atomic mass is 10.1. The smallest absolute Gasteiger partial charge is 0.389 e. The highest BCUT2D eigenvalue weighted by Crippen LogP contribution is 2.45. The first kappa shape index (κ1) is 23.4. The van der Waals surface area contributed by atoms with Gasteiger partial charge < -0.3 is 10.4 Å². The van der Waals surface area contributed by atoms with E-state index in [0.717, 1.165) is 34.4 Å². The molecule has 0 bridgehead atoms. The number of rotatable bonds is 4. The molecule has 1 amide bonds. The zero-order chi connectivity index (χ0) is 24.0. The van der Waals surface area contributed by atoms with Crippen molar-refractivity contribution in [2.75, 3.05) is 11.5 Å². The molecule has 0 aliphatic carbocycles. The Hall–Kier alpha value is -2.78. The van der Waals surface area contributed by atoms with Crippen LogP contribution in [0.3, 0.4) is 0 Å². The Kier molecular flexibility index (Phi) is 6.05. The number of aliphatic hydroxyl groups is 1. The molecule has 3 heterocycles. The van der Waals surface area contributed by atoms with Gasteiger partial charge in [0.15, 0.2) is 0 Å². The zero-order valence-corrected chi connectivity index (χ0v) is 18.2. The van der Waals surface area contributed by atoms with Crippen LogP contribution >= 0.6 is 22.1 Å². The Labute approximate surface area is 190 Å². The Morgan fingerprint density at radius 3 is 2.45 bits per heavy atom. The van der Waals surface area contributed by atoms with Crippen molar-refractivity contribution in [1.29, 1.82) is 0 Å². The van der Waals surface area contributed by atoms with Crippen LogP contribution in [-0.4, -0.2) is 57.9 Å². The Morgan fingerprint density at radius 1 is 1.21 bits per heavy atom. The third-order valence-corrected chi connectivity index (χ3v) is 7.34. The second-order valence-corrected chi connectivity index (χ2v) is 10.3. The summed E-state index contributed by atoms with van der Waals surface area (Å²) in [5, 5.41) is 18.1. The molecule has 1 saturated heterocycles. The molecule has 3 aromatic rings. The van der Waals surface area contributed by atoms with Gasteiger partial charge in [0, 0.05) is 10.9 Å². The van der Waals surface area contributed by atoms with Crippen LogP contribution in [0.2, 0.25) is 0 Å². The van der Waals surface area contributed by atoms with Gasteiger partial charge in [0.05, 0.1) is 46.8 Å². The van der Waals surface area contributed by atoms with Gasteiger partial charge in [-0.1, -0.05) is 12.1 Å². The van der Waals surface area contributed by atoms with Gasteiger partial charge in [0.25, 0.3) is 11.5 Å². The highest BCUT2D eigenvalue weighted by Gasteiger charge is 2.38. The van der Waals surface area contributed by atoms with Crippen LogP contribution in [0.5, 0.6) is 0 Å². The first-order chi connectivity index (χ1) is 15.4. The lowest BCUT2D eigenvalue weighted by Gasteiger charge is -2.25. The molecule has 33 heavy (non-hydrogen) atoms. The predicted octanol–water partition coefficient (Wildman–Crippen LogP) is 2.60. The minimum absolute atomic E-state index is 0.0518. The van der Waals surface area contributed by atoms with Crippen LogP contribution in [0.4, 0.5) is 13.2 Å². The van der Waals surface area contributed by atoms with E-state index in [0.29, 0.717) is 0 Å². The topological polar surface area (TPSA) is 138 Å². The molecular formula is C19H17F3N4O5S2. The monoisotopic (exact) mass is 502 g/mol. The molecule has 0 radical (unpaired) electrons. The fraction of sp³-hybridized carbons (Fsp3) is 0.263. The summed E-state index contributed by atoms with van der Waals surface area (Å²) in [7, 11) is -3.05. The van der Waals surface area contributed by atoms with E-state index in [9.17, 15) is 37.0 Å². The SMILES string of the molecule is O=C(NC1CS(O)(O)CC1O)c1cc(-c2ccc(C(F)(F)F)cc2)nn(-c2cnsc2)c1=O. The molecule has 2 atom stereocenters. The van der Waals surface area contributed by atoms with Crippen LogP contribution in [-0.2, 0) is 6.18 Å². The van der Waals surface area contributed by atoms with Gasteiger partial charge in [-0.2, -0.15) is 37.9 Å². The van der Waals surface area contributed by atoms with Crippen molar-refractivity contribution in [3.05, 3.63) is 63.4 Å². The normalized spacial score (nSPS) is 21.0. The fourth-order valence-corrected chi connectivity index (χ4v) is 5.64. The molecule has 9 nitrogen and oxygen atoms in total. The number of nitrogens with zero attached hydrogens (tertiary/aromatic N) is 3. The molecule has 4 N–H and O–H groups in total. The molecule has 0 spiro atoms. The lowest BCUT2D eigenvalue weighted by molar-refractivity contribution is -0.137. The second-order valence-electron chi connectivity index (χ2n) is 7.40. The summed E-state index contributed by atoms with van der Waals surface area (Å²) in [4.78, 5) is 25.9. The third-order valence-electron chi connectivity index (χ3n) is 4.99. The van der Waals surface area contributed by atoms with Crippen LogP contribution in [0.15, 0.2) is 46.7 Å². The molecule has 1 aliphatic rings. The van der Waals surface area contributed by atoms with E-state index in [2.05, 4.69) is 14.8 Å². The highest BCUT2D eigenvalue weighted by molar-refractivity contribution is 8.24. The number of hydrogen-bond donors (Lipinski definition) is 4. The number of hydrogen-bond acceptors (Lipinski definition) is 8. The molecule has 2 aromatic heterocycles. The molecule has 4 rings (SSSR count). The van der Waals surface area contributed by atoms with Gasteiger partial charge in [-0.05, 0) is 29.7 Å². The molecule has 2 unspecified atom stereocenters. The van der Waals surface area contributed by atoms with E-state index < -0.39 is 45.9 Å². The average molecular weight is 502 g/mol. The average Bonchev–Trinajstić information content (AvgIpc) is 3.35. The first-order valence-electron chi connectivity index (χ1n) is 9.39. The number of aromatic nitrogens is 3. The minimum atomic E-state index is -4.53. The molecule has 1 fully saturated rings. The number of benzene rings is 1. The highest BCUT2D eigenvalue weighted by atomic mass is 32.3. The summed E-state index contributed by atoms with van der Waals surface area (Å²) in [5.41, 5.74) is -1.54. The summed E-state index contributed by atoms with van der Waals surface area (Å²) in [5.74, 6) is -1.45. The summed E-state index contributed by atoms with van der Waals surface area (Å²) in [6, 6.07) is 4.21. The van der Waals surface area contributed by atoms with Crippen molar-refractivity contribution in [2.45, 2.75) is 18.3 Å². The largest absolute Gasteiger partial charge is 0.416 e. The summed E-state index contributed by atoms with van der Waals surface area (Å²) >= 11 is 1.03. The molecule has 14 heteroatoms. The van der Waals surface area contributed by atoms with Crippen LogP contribution in [0.1, 0.15) is 15.9 Å². The molecule has 176 valence electrons. The van der Waals surface area contributed by atoms with Crippen LogP contribution in [0.25, 0.3) is 16.9 Å². The summed E-state index contributed by atoms with van der Waals surface area (Å²) in [6.07, 6.45) is -4.40. The quantitative estimate of drug-likeness (QED) is 0.430. The number of amides is 1. The first-order valence-corrected chi connectivity index (χ1v) is 12.1. The molecule has 1 aromatic carbocycles. The second kappa shape index (κ2) is 8.53. The standard InChI is InChI=1S/C19H17F3N4O5S2/c20-19(21,22)11-3-1-10(2-4-11)14-5-13(18(29)26(25-14)12-6-23-32-7-12)17(28)24-15-8-33(30,31)9-16(15)27/h1-7,15-16,27,30-31H,8-9H2,(H,24,28). The van der Waals surface area contributed by atoms with Crippen molar-refractivity contribution in [2.24, 2.45) is 0 Å². The van der Waals surface area contributed by atoms with E-state index in [1.54, 1.807) is 0 Å². The van der Waals surface area contributed by atoms with Gasteiger partial charge in [0.2, 0.25) is 0 Å². The van der Waals surface area contributed by atoms with Crippen molar-refractivity contribution < 1.29 is 32.2 Å². The predicted molar refractivity (Wildman–Crippen MR) is 116 cm³/mol. The maximum absolute atomic E-state index is 13.0. The van der Waals surface area contributed by atoms with Crippen molar-refractivity contribution >= 4 is 28.0 Å². The maximum Gasteiger partial charge on any atom is 0.416 e. The van der Waals surface area contributed by atoms with E-state index >= 15 is 0 Å². The lowest BCUT2D eigenvalue weighted by Crippen LogP contribution is -2.44. The molecular weight excluding hydrogens is 485 g/mol. The zero-order valence-electron chi connectivity index (χ0n) is 16.6. The van der Waals surface area contributed by atoms with E-state index in [4.69, 9.17) is 0 Å². The number of carbonyl (C=O) groups is 1. The van der Waals surface area contributed by atoms with Gasteiger partial charge in [-0.15, -0.1) is 0 Å². The van der Waals surface area contributed by atoms with Gasteiger partial charge >= 0.3 is 6.18 Å². The summed E-state index contributed by atoms with van der Waals surface area (Å²) in [6.45, 7) is 0. The van der Waals surface area contributed by atoms with E-state index in [1.165, 1.54) is 23.7 Å². The van der Waals surface area contributed by atoms with Crippen molar-refractivity contribution in [1.82, 2.24) is 19.5 Å². The Morgan fingerprint density at radius 2 is 1.91 bits per heavy atom. The Balaban J connectivity index is 1.75. The van der Waals surface area contributed by atoms with E-state index in [1.807, 2.05) is 0 Å². The Bertz CT molecular complexity index is 1230. The fourth-order valence-electron chi connectivity index (χ4n) is 3.35.